The van der Waals surface area contributed by atoms with Crippen molar-refractivity contribution in [2.75, 3.05) is 6.61 Å². The van der Waals surface area contributed by atoms with Crippen LogP contribution in [0.2, 0.25) is 0 Å². The molecule has 3 aliphatic heterocycles. The predicted octanol–water partition coefficient (Wildman–Crippen LogP) is 1.20. The maximum absolute atomic E-state index is 12.5. The van der Waals surface area contributed by atoms with Gasteiger partial charge < -0.3 is 23.7 Å². The molecule has 0 radical (unpaired) electrons. The first-order valence-corrected chi connectivity index (χ1v) is 9.23. The Balaban J connectivity index is 1.74. The Morgan fingerprint density at radius 1 is 1.15 bits per heavy atom. The smallest absolute Gasteiger partial charge is 0.338 e. The number of rotatable bonds is 3. The molecule has 2 saturated heterocycles. The van der Waals surface area contributed by atoms with Gasteiger partial charge in [-0.25, -0.2) is 4.79 Å². The van der Waals surface area contributed by atoms with Gasteiger partial charge in [-0.3, -0.25) is 9.59 Å². The lowest BCUT2D eigenvalue weighted by Crippen LogP contribution is -2.36. The van der Waals surface area contributed by atoms with Gasteiger partial charge in [-0.2, -0.15) is 0 Å². The fraction of sp³-hybridized carbons (Fsp3) is 0.737. The van der Waals surface area contributed by atoms with Crippen LogP contribution in [-0.2, 0) is 38.1 Å². The van der Waals surface area contributed by atoms with E-state index in [0.29, 0.717) is 12.0 Å². The fourth-order valence-electron chi connectivity index (χ4n) is 4.33. The molecule has 0 amide bonds. The highest BCUT2D eigenvalue weighted by Crippen LogP contribution is 2.54. The molecule has 0 aromatic carbocycles. The third kappa shape index (κ3) is 3.25. The van der Waals surface area contributed by atoms with Crippen LogP contribution in [0.15, 0.2) is 11.1 Å². The number of epoxide rings is 2. The highest BCUT2D eigenvalue weighted by molar-refractivity contribution is 5.93. The van der Waals surface area contributed by atoms with E-state index in [1.807, 2.05) is 13.8 Å². The van der Waals surface area contributed by atoms with Gasteiger partial charge in [0.15, 0.2) is 6.10 Å². The molecule has 6 unspecified atom stereocenters. The number of carbonyl (C=O) groups is 3. The Morgan fingerprint density at radius 3 is 2.56 bits per heavy atom. The Morgan fingerprint density at radius 2 is 1.89 bits per heavy atom. The van der Waals surface area contributed by atoms with Gasteiger partial charge in [0.2, 0.25) is 0 Å². The van der Waals surface area contributed by atoms with E-state index in [2.05, 4.69) is 0 Å². The molecule has 8 nitrogen and oxygen atoms in total. The molecule has 0 spiro atoms. The maximum Gasteiger partial charge on any atom is 0.338 e. The van der Waals surface area contributed by atoms with Gasteiger partial charge in [0, 0.05) is 25.8 Å². The van der Waals surface area contributed by atoms with Crippen LogP contribution in [0.25, 0.3) is 0 Å². The topological polar surface area (TPSA) is 104 Å². The van der Waals surface area contributed by atoms with E-state index in [1.165, 1.54) is 13.8 Å². The van der Waals surface area contributed by atoms with Gasteiger partial charge in [-0.1, -0.05) is 0 Å². The lowest BCUT2D eigenvalue weighted by Gasteiger charge is -2.25. The van der Waals surface area contributed by atoms with Gasteiger partial charge >= 0.3 is 17.9 Å². The van der Waals surface area contributed by atoms with Crippen LogP contribution >= 0.6 is 0 Å². The van der Waals surface area contributed by atoms with Crippen molar-refractivity contribution in [1.29, 1.82) is 0 Å². The number of hydrogen-bond acceptors (Lipinski definition) is 8. The van der Waals surface area contributed by atoms with Crippen LogP contribution in [0, 0.1) is 0 Å². The molecule has 3 heterocycles. The third-order valence-electron chi connectivity index (χ3n) is 5.96. The van der Waals surface area contributed by atoms with E-state index >= 15 is 0 Å². The Bertz CT molecular complexity index is 742. The number of fused-ring (bicyclic) bond motifs is 4. The average Bonchev–Trinajstić information content (AvgIpc) is 3.37. The van der Waals surface area contributed by atoms with Gasteiger partial charge in [0.25, 0.3) is 0 Å². The Hall–Kier alpha value is -1.93. The van der Waals surface area contributed by atoms with Crippen molar-refractivity contribution in [2.45, 2.75) is 82.6 Å². The second kappa shape index (κ2) is 6.04. The van der Waals surface area contributed by atoms with E-state index in [4.69, 9.17) is 23.7 Å². The monoisotopic (exact) mass is 380 g/mol. The largest absolute Gasteiger partial charge is 0.461 e. The summed E-state index contributed by atoms with van der Waals surface area (Å²) in [6.07, 6.45) is 0.416. The van der Waals surface area contributed by atoms with Crippen molar-refractivity contribution in [3.8, 4) is 0 Å². The summed E-state index contributed by atoms with van der Waals surface area (Å²) >= 11 is 0. The van der Waals surface area contributed by atoms with Crippen molar-refractivity contribution < 1.29 is 38.1 Å². The van der Waals surface area contributed by atoms with Crippen molar-refractivity contribution in [3.05, 3.63) is 11.1 Å². The summed E-state index contributed by atoms with van der Waals surface area (Å²) < 4.78 is 28.0. The van der Waals surface area contributed by atoms with Crippen LogP contribution in [0.1, 0.15) is 47.0 Å². The summed E-state index contributed by atoms with van der Waals surface area (Å²) in [4.78, 5) is 35.5. The zero-order chi connectivity index (χ0) is 19.6. The lowest BCUT2D eigenvalue weighted by molar-refractivity contribution is -0.146. The SMILES string of the molecule is CC(=O)OCC1=C2C(OC(C)=O)CC3(C)OC3CCC3(C)OC3C2OC1=O. The van der Waals surface area contributed by atoms with Crippen LogP contribution in [0.4, 0.5) is 0 Å². The molecule has 6 atom stereocenters. The lowest BCUT2D eigenvalue weighted by atomic mass is 9.83. The normalized spacial score (nSPS) is 42.3. The molecule has 3 fully saturated rings. The molecular weight excluding hydrogens is 356 g/mol. The second-order valence-corrected chi connectivity index (χ2v) is 8.15. The predicted molar refractivity (Wildman–Crippen MR) is 89.5 cm³/mol. The maximum atomic E-state index is 12.5. The van der Waals surface area contributed by atoms with Crippen LogP contribution in [0.5, 0.6) is 0 Å². The summed E-state index contributed by atoms with van der Waals surface area (Å²) in [6.45, 7) is 6.33. The molecule has 1 saturated carbocycles. The van der Waals surface area contributed by atoms with E-state index in [-0.39, 0.29) is 24.4 Å². The van der Waals surface area contributed by atoms with E-state index in [0.717, 1.165) is 12.8 Å². The highest BCUT2D eigenvalue weighted by Gasteiger charge is 2.65. The Labute approximate surface area is 157 Å². The van der Waals surface area contributed by atoms with Crippen molar-refractivity contribution in [2.24, 2.45) is 0 Å². The zero-order valence-corrected chi connectivity index (χ0v) is 15.9. The number of ether oxygens (including phenoxy) is 5. The molecule has 1 aliphatic carbocycles. The average molecular weight is 380 g/mol. The minimum atomic E-state index is -0.703. The minimum absolute atomic E-state index is 0.0596. The van der Waals surface area contributed by atoms with E-state index in [1.54, 1.807) is 0 Å². The summed E-state index contributed by atoms with van der Waals surface area (Å²) in [6, 6.07) is 0. The number of hydrogen-bond donors (Lipinski definition) is 0. The molecule has 27 heavy (non-hydrogen) atoms. The molecule has 4 rings (SSSR count). The zero-order valence-electron chi connectivity index (χ0n) is 15.9. The molecule has 0 bridgehead atoms. The Kier molecular flexibility index (Phi) is 4.12. The standard InChI is InChI=1S/C19H24O8/c1-9(20)23-8-11-14-12(24-10(2)21)7-19(4)13(26-19)5-6-18(3)16(27-18)15(14)25-17(11)22/h12-13,15-16H,5-8H2,1-4H3. The van der Waals surface area contributed by atoms with Crippen LogP contribution < -0.4 is 0 Å². The number of esters is 3. The molecule has 4 aliphatic rings. The van der Waals surface area contributed by atoms with E-state index < -0.39 is 41.3 Å². The first-order valence-electron chi connectivity index (χ1n) is 9.23. The molecule has 0 aromatic heterocycles. The molecule has 0 aromatic rings. The van der Waals surface area contributed by atoms with E-state index in [9.17, 15) is 14.4 Å². The third-order valence-corrected chi connectivity index (χ3v) is 5.96. The van der Waals surface area contributed by atoms with Crippen LogP contribution in [-0.4, -0.2) is 60.1 Å². The van der Waals surface area contributed by atoms with Gasteiger partial charge in [0.1, 0.15) is 18.8 Å². The van der Waals surface area contributed by atoms with Gasteiger partial charge in [-0.05, 0) is 26.7 Å². The second-order valence-electron chi connectivity index (χ2n) is 8.15. The first kappa shape index (κ1) is 18.4. The van der Waals surface area contributed by atoms with Crippen molar-refractivity contribution in [3.63, 3.8) is 0 Å². The fourth-order valence-corrected chi connectivity index (χ4v) is 4.33. The summed E-state index contributed by atoms with van der Waals surface area (Å²) in [5.41, 5.74) is -0.102. The summed E-state index contributed by atoms with van der Waals surface area (Å²) in [7, 11) is 0. The molecule has 0 N–H and O–H groups in total. The summed E-state index contributed by atoms with van der Waals surface area (Å²) in [5, 5.41) is 0. The summed E-state index contributed by atoms with van der Waals surface area (Å²) in [5.74, 6) is -1.54. The molecule has 8 heteroatoms. The van der Waals surface area contributed by atoms with Crippen LogP contribution in [0.3, 0.4) is 0 Å². The number of carbonyl (C=O) groups excluding carboxylic acids is 3. The molecular formula is C19H24O8. The highest BCUT2D eigenvalue weighted by atomic mass is 16.7. The molecule has 148 valence electrons. The first-order chi connectivity index (χ1) is 12.6. The van der Waals surface area contributed by atoms with Gasteiger partial charge in [0.05, 0.1) is 22.9 Å². The van der Waals surface area contributed by atoms with Gasteiger partial charge in [-0.15, -0.1) is 0 Å². The quantitative estimate of drug-likeness (QED) is 0.409. The van der Waals surface area contributed by atoms with Crippen molar-refractivity contribution in [1.82, 2.24) is 0 Å². The van der Waals surface area contributed by atoms with Crippen molar-refractivity contribution >= 4 is 17.9 Å². The minimum Gasteiger partial charge on any atom is -0.461 e.